The maximum absolute atomic E-state index is 10.6. The Hall–Kier alpha value is -1.84. The van der Waals surface area contributed by atoms with E-state index in [0.29, 0.717) is 24.5 Å². The first kappa shape index (κ1) is 16.2. The van der Waals surface area contributed by atoms with Gasteiger partial charge in [-0.05, 0) is 32.3 Å². The van der Waals surface area contributed by atoms with Crippen LogP contribution in [0.1, 0.15) is 26.2 Å². The highest BCUT2D eigenvalue weighted by Crippen LogP contribution is 2.29. The van der Waals surface area contributed by atoms with Crippen LogP contribution in [-0.4, -0.2) is 17.1 Å². The summed E-state index contributed by atoms with van der Waals surface area (Å²) in [4.78, 5) is 10.1. The molecule has 0 fully saturated rings. The van der Waals surface area contributed by atoms with Gasteiger partial charge in [-0.15, -0.1) is 0 Å². The van der Waals surface area contributed by atoms with Gasteiger partial charge in [0.1, 0.15) is 11.3 Å². The molecule has 20 heavy (non-hydrogen) atoms. The molecule has 0 amide bonds. The van der Waals surface area contributed by atoms with Gasteiger partial charge in [0.2, 0.25) is 0 Å². The van der Waals surface area contributed by atoms with Crippen LogP contribution in [-0.2, 0) is 0 Å². The minimum atomic E-state index is -0.830. The van der Waals surface area contributed by atoms with Crippen LogP contribution in [0.25, 0.3) is 0 Å². The number of rotatable bonds is 7. The summed E-state index contributed by atoms with van der Waals surface area (Å²) in [5.41, 5.74) is 4.79. The Morgan fingerprint density at radius 1 is 1.55 bits per heavy atom. The molecule has 7 heteroatoms. The molecule has 0 aromatic heterocycles. The molecule has 0 aliphatic rings. The lowest BCUT2D eigenvalue weighted by Gasteiger charge is -2.14. The number of non-ortho nitro benzene ring substituents is 1. The SMILES string of the molecule is CC(N)(C#N)CCCCOc1cc([N+](=O)[O-])ccc1Cl. The molecule has 1 atom stereocenters. The Balaban J connectivity index is 2.45. The summed E-state index contributed by atoms with van der Waals surface area (Å²) in [6.45, 7) is 2.04. The quantitative estimate of drug-likeness (QED) is 0.473. The van der Waals surface area contributed by atoms with Crippen LogP contribution in [0.5, 0.6) is 5.75 Å². The molecule has 0 saturated carbocycles. The van der Waals surface area contributed by atoms with Crippen LogP contribution < -0.4 is 10.5 Å². The molecule has 1 rings (SSSR count). The molecule has 0 saturated heterocycles. The van der Waals surface area contributed by atoms with E-state index < -0.39 is 10.5 Å². The average molecular weight is 298 g/mol. The third-order valence-electron chi connectivity index (χ3n) is 2.73. The van der Waals surface area contributed by atoms with Gasteiger partial charge in [-0.2, -0.15) is 5.26 Å². The highest BCUT2D eigenvalue weighted by Gasteiger charge is 2.16. The minimum absolute atomic E-state index is 0.0663. The number of ether oxygens (including phenoxy) is 1. The highest BCUT2D eigenvalue weighted by atomic mass is 35.5. The Bertz CT molecular complexity index is 526. The van der Waals surface area contributed by atoms with Crippen LogP contribution in [0.2, 0.25) is 5.02 Å². The maximum Gasteiger partial charge on any atom is 0.273 e. The molecule has 0 aliphatic carbocycles. The normalized spacial score (nSPS) is 13.3. The zero-order valence-corrected chi connectivity index (χ0v) is 11.9. The zero-order valence-electron chi connectivity index (χ0n) is 11.1. The van der Waals surface area contributed by atoms with E-state index >= 15 is 0 Å². The van der Waals surface area contributed by atoms with Crippen molar-refractivity contribution in [2.75, 3.05) is 6.61 Å². The van der Waals surface area contributed by atoms with Crippen molar-refractivity contribution in [1.82, 2.24) is 0 Å². The average Bonchev–Trinajstić information content (AvgIpc) is 2.40. The number of nitriles is 1. The Labute approximate surface area is 122 Å². The van der Waals surface area contributed by atoms with Gasteiger partial charge in [-0.25, -0.2) is 0 Å². The number of hydrogen-bond acceptors (Lipinski definition) is 5. The summed E-state index contributed by atoms with van der Waals surface area (Å²) >= 11 is 5.90. The molecule has 1 aromatic carbocycles. The van der Waals surface area contributed by atoms with Crippen molar-refractivity contribution in [3.05, 3.63) is 33.3 Å². The summed E-state index contributed by atoms with van der Waals surface area (Å²) in [6, 6.07) is 6.07. The lowest BCUT2D eigenvalue weighted by molar-refractivity contribution is -0.384. The van der Waals surface area contributed by atoms with Gasteiger partial charge in [0.25, 0.3) is 5.69 Å². The molecule has 0 spiro atoms. The Morgan fingerprint density at radius 3 is 2.85 bits per heavy atom. The summed E-state index contributed by atoms with van der Waals surface area (Å²) in [5, 5.41) is 19.7. The van der Waals surface area contributed by atoms with Crippen LogP contribution in [0.4, 0.5) is 5.69 Å². The maximum atomic E-state index is 10.6. The van der Waals surface area contributed by atoms with Crippen LogP contribution in [0.15, 0.2) is 18.2 Å². The summed E-state index contributed by atoms with van der Waals surface area (Å²) in [5.74, 6) is 0.289. The van der Waals surface area contributed by atoms with E-state index in [1.807, 2.05) is 6.07 Å². The number of hydrogen-bond donors (Lipinski definition) is 1. The van der Waals surface area contributed by atoms with E-state index in [0.717, 1.165) is 6.42 Å². The van der Waals surface area contributed by atoms with E-state index in [2.05, 4.69) is 0 Å². The molecule has 0 bridgehead atoms. The molecular weight excluding hydrogens is 282 g/mol. The second kappa shape index (κ2) is 7.08. The number of nitro benzene ring substituents is 1. The predicted molar refractivity (Wildman–Crippen MR) is 75.7 cm³/mol. The van der Waals surface area contributed by atoms with Crippen molar-refractivity contribution in [3.8, 4) is 11.8 Å². The molecule has 2 N–H and O–H groups in total. The van der Waals surface area contributed by atoms with Gasteiger partial charge in [-0.3, -0.25) is 10.1 Å². The number of nitrogens with zero attached hydrogens (tertiary/aromatic N) is 2. The van der Waals surface area contributed by atoms with E-state index in [1.54, 1.807) is 6.92 Å². The topological polar surface area (TPSA) is 102 Å². The van der Waals surface area contributed by atoms with Crippen molar-refractivity contribution < 1.29 is 9.66 Å². The molecule has 0 aliphatic heterocycles. The molecule has 0 heterocycles. The van der Waals surface area contributed by atoms with E-state index in [1.165, 1.54) is 18.2 Å². The molecule has 1 aromatic rings. The lowest BCUT2D eigenvalue weighted by Crippen LogP contribution is -2.33. The van der Waals surface area contributed by atoms with Crippen LogP contribution in [0.3, 0.4) is 0 Å². The van der Waals surface area contributed by atoms with Gasteiger partial charge in [-0.1, -0.05) is 11.6 Å². The minimum Gasteiger partial charge on any atom is -0.492 e. The van der Waals surface area contributed by atoms with E-state index in [4.69, 9.17) is 27.3 Å². The third-order valence-corrected chi connectivity index (χ3v) is 3.04. The van der Waals surface area contributed by atoms with Crippen molar-refractivity contribution in [2.24, 2.45) is 5.73 Å². The van der Waals surface area contributed by atoms with Crippen molar-refractivity contribution >= 4 is 17.3 Å². The lowest BCUT2D eigenvalue weighted by atomic mass is 9.98. The fraction of sp³-hybridized carbons (Fsp3) is 0.462. The van der Waals surface area contributed by atoms with Crippen LogP contribution >= 0.6 is 11.6 Å². The molecule has 1 unspecified atom stereocenters. The summed E-state index contributed by atoms with van der Waals surface area (Å²) in [6.07, 6.45) is 1.98. The number of nitrogens with two attached hydrogens (primary N) is 1. The number of nitro groups is 1. The molecule has 0 radical (unpaired) electrons. The first-order chi connectivity index (χ1) is 9.35. The molecular formula is C13H16ClN3O3. The van der Waals surface area contributed by atoms with Gasteiger partial charge in [0.05, 0.1) is 28.7 Å². The van der Waals surface area contributed by atoms with Crippen molar-refractivity contribution in [2.45, 2.75) is 31.7 Å². The number of halogens is 1. The second-order valence-electron chi connectivity index (χ2n) is 4.71. The van der Waals surface area contributed by atoms with Crippen LogP contribution in [0, 0.1) is 21.4 Å². The van der Waals surface area contributed by atoms with Crippen molar-refractivity contribution in [3.63, 3.8) is 0 Å². The Kier molecular flexibility index (Phi) is 5.74. The Morgan fingerprint density at radius 2 is 2.25 bits per heavy atom. The third kappa shape index (κ3) is 5.03. The molecule has 6 nitrogen and oxygen atoms in total. The van der Waals surface area contributed by atoms with Gasteiger partial charge >= 0.3 is 0 Å². The smallest absolute Gasteiger partial charge is 0.273 e. The van der Waals surface area contributed by atoms with Gasteiger partial charge in [0, 0.05) is 6.07 Å². The fourth-order valence-corrected chi connectivity index (χ4v) is 1.72. The van der Waals surface area contributed by atoms with E-state index in [9.17, 15) is 10.1 Å². The second-order valence-corrected chi connectivity index (χ2v) is 5.11. The van der Waals surface area contributed by atoms with Gasteiger partial charge in [0.15, 0.2) is 0 Å². The fourth-order valence-electron chi connectivity index (χ4n) is 1.55. The van der Waals surface area contributed by atoms with Crippen molar-refractivity contribution in [1.29, 1.82) is 5.26 Å². The highest BCUT2D eigenvalue weighted by molar-refractivity contribution is 6.32. The zero-order chi connectivity index (χ0) is 15.2. The molecule has 108 valence electrons. The number of benzene rings is 1. The first-order valence-corrected chi connectivity index (χ1v) is 6.50. The summed E-state index contributed by atoms with van der Waals surface area (Å²) < 4.78 is 5.42. The predicted octanol–water partition coefficient (Wildman–Crippen LogP) is 3.04. The first-order valence-electron chi connectivity index (χ1n) is 6.12. The standard InChI is InChI=1S/C13H16ClN3O3/c1-13(16,9-15)6-2-3-7-20-12-8-10(17(18)19)4-5-11(12)14/h4-5,8H,2-3,6-7,16H2,1H3. The van der Waals surface area contributed by atoms with E-state index in [-0.39, 0.29) is 11.4 Å². The largest absolute Gasteiger partial charge is 0.492 e. The van der Waals surface area contributed by atoms with Gasteiger partial charge < -0.3 is 10.5 Å². The monoisotopic (exact) mass is 297 g/mol. The number of unbranched alkanes of at least 4 members (excludes halogenated alkanes) is 1. The summed E-state index contributed by atoms with van der Waals surface area (Å²) in [7, 11) is 0.